The topological polar surface area (TPSA) is 63.0 Å². The van der Waals surface area contributed by atoms with Crippen LogP contribution < -0.4 is 4.74 Å². The monoisotopic (exact) mass is 264 g/mol. The number of aromatic nitrogens is 1. The molecule has 1 heterocycles. The maximum absolute atomic E-state index is 12.2. The minimum absolute atomic E-state index is 0.0724. The molecule has 1 aromatic carbocycles. The van der Waals surface area contributed by atoms with E-state index < -0.39 is 0 Å². The number of rotatable bonds is 4. The van der Waals surface area contributed by atoms with Gasteiger partial charge in [0, 0.05) is 18.0 Å². The summed E-state index contributed by atoms with van der Waals surface area (Å²) in [6.07, 6.45) is 4.76. The zero-order chi connectivity index (χ0) is 14.4. The van der Waals surface area contributed by atoms with E-state index in [9.17, 15) is 4.79 Å². The number of nitrogens with zero attached hydrogens (tertiary/aromatic N) is 2. The van der Waals surface area contributed by atoms with Crippen LogP contribution in [0.5, 0.6) is 5.75 Å². The Labute approximate surface area is 117 Å². The van der Waals surface area contributed by atoms with Gasteiger partial charge in [0.1, 0.15) is 17.4 Å². The number of ketones is 1. The van der Waals surface area contributed by atoms with Crippen molar-refractivity contribution in [2.24, 2.45) is 0 Å². The van der Waals surface area contributed by atoms with Crippen molar-refractivity contribution in [3.63, 3.8) is 0 Å². The highest BCUT2D eigenvalue weighted by atomic mass is 16.5. The van der Waals surface area contributed by atoms with Crippen molar-refractivity contribution in [2.75, 3.05) is 7.11 Å². The SMILES string of the molecule is COc1ccc(C(=O)/C(C#N)=C/c2cccnc2)cc1. The van der Waals surface area contributed by atoms with Gasteiger partial charge < -0.3 is 4.74 Å². The molecule has 4 nitrogen and oxygen atoms in total. The minimum Gasteiger partial charge on any atom is -0.497 e. The van der Waals surface area contributed by atoms with Gasteiger partial charge in [-0.2, -0.15) is 5.26 Å². The number of hydrogen-bond acceptors (Lipinski definition) is 4. The molecule has 0 aliphatic rings. The molecule has 0 bridgehead atoms. The van der Waals surface area contributed by atoms with Gasteiger partial charge in [-0.1, -0.05) is 6.07 Å². The van der Waals surface area contributed by atoms with Crippen molar-refractivity contribution in [3.05, 3.63) is 65.5 Å². The van der Waals surface area contributed by atoms with Crippen LogP contribution >= 0.6 is 0 Å². The maximum Gasteiger partial charge on any atom is 0.203 e. The Hall–Kier alpha value is -2.93. The Balaban J connectivity index is 2.30. The van der Waals surface area contributed by atoms with Gasteiger partial charge in [0.25, 0.3) is 0 Å². The molecule has 0 saturated heterocycles. The molecular formula is C16H12N2O2. The van der Waals surface area contributed by atoms with E-state index in [4.69, 9.17) is 10.00 Å². The predicted molar refractivity (Wildman–Crippen MR) is 75.2 cm³/mol. The van der Waals surface area contributed by atoms with Crippen LogP contribution in [-0.4, -0.2) is 17.9 Å². The third-order valence-corrected chi connectivity index (χ3v) is 2.71. The second-order valence-corrected chi connectivity index (χ2v) is 4.01. The van der Waals surface area contributed by atoms with Crippen LogP contribution in [0.15, 0.2) is 54.4 Å². The first kappa shape index (κ1) is 13.5. The number of carbonyl (C=O) groups is 1. The smallest absolute Gasteiger partial charge is 0.203 e. The molecule has 0 N–H and O–H groups in total. The summed E-state index contributed by atoms with van der Waals surface area (Å²) in [7, 11) is 1.56. The Morgan fingerprint density at radius 3 is 2.60 bits per heavy atom. The van der Waals surface area contributed by atoms with Crippen molar-refractivity contribution in [3.8, 4) is 11.8 Å². The summed E-state index contributed by atoms with van der Waals surface area (Å²) in [5, 5.41) is 9.14. The molecule has 0 amide bonds. The van der Waals surface area contributed by atoms with Gasteiger partial charge in [-0.05, 0) is 42.0 Å². The van der Waals surface area contributed by atoms with E-state index in [2.05, 4.69) is 4.98 Å². The molecule has 0 saturated carbocycles. The molecule has 4 heteroatoms. The van der Waals surface area contributed by atoms with Crippen molar-refractivity contribution in [1.29, 1.82) is 5.26 Å². The first-order valence-corrected chi connectivity index (χ1v) is 5.95. The highest BCUT2D eigenvalue weighted by Gasteiger charge is 2.12. The summed E-state index contributed by atoms with van der Waals surface area (Å²) < 4.78 is 5.03. The number of methoxy groups -OCH3 is 1. The van der Waals surface area contributed by atoms with E-state index in [-0.39, 0.29) is 11.4 Å². The molecule has 0 spiro atoms. The van der Waals surface area contributed by atoms with Gasteiger partial charge in [-0.15, -0.1) is 0 Å². The van der Waals surface area contributed by atoms with E-state index in [0.29, 0.717) is 16.9 Å². The van der Waals surface area contributed by atoms with Crippen molar-refractivity contribution >= 4 is 11.9 Å². The van der Waals surface area contributed by atoms with Gasteiger partial charge in [-0.3, -0.25) is 9.78 Å². The van der Waals surface area contributed by atoms with Crippen LogP contribution in [0.2, 0.25) is 0 Å². The number of allylic oxidation sites excluding steroid dienone is 1. The average Bonchev–Trinajstić information content (AvgIpc) is 2.53. The highest BCUT2D eigenvalue weighted by Crippen LogP contribution is 2.16. The summed E-state index contributed by atoms with van der Waals surface area (Å²) in [5.74, 6) is 0.343. The van der Waals surface area contributed by atoms with Gasteiger partial charge >= 0.3 is 0 Å². The second-order valence-electron chi connectivity index (χ2n) is 4.01. The number of Topliss-reactive ketones (excluding diaryl/α,β-unsaturated/α-hetero) is 1. The summed E-state index contributed by atoms with van der Waals surface area (Å²) >= 11 is 0. The minimum atomic E-state index is -0.320. The third kappa shape index (κ3) is 3.09. The maximum atomic E-state index is 12.2. The molecule has 0 aliphatic carbocycles. The molecule has 0 atom stereocenters. The number of carbonyl (C=O) groups excluding carboxylic acids is 1. The number of benzene rings is 1. The first-order chi connectivity index (χ1) is 9.74. The average molecular weight is 264 g/mol. The Morgan fingerprint density at radius 2 is 2.05 bits per heavy atom. The lowest BCUT2D eigenvalue weighted by atomic mass is 10.0. The van der Waals surface area contributed by atoms with Gasteiger partial charge in [0.2, 0.25) is 5.78 Å². The van der Waals surface area contributed by atoms with Crippen LogP contribution in [0.4, 0.5) is 0 Å². The van der Waals surface area contributed by atoms with Crippen LogP contribution in [-0.2, 0) is 0 Å². The fraction of sp³-hybridized carbons (Fsp3) is 0.0625. The van der Waals surface area contributed by atoms with E-state index in [1.807, 2.05) is 6.07 Å². The molecular weight excluding hydrogens is 252 g/mol. The lowest BCUT2D eigenvalue weighted by Gasteiger charge is -2.02. The number of pyridine rings is 1. The van der Waals surface area contributed by atoms with Crippen molar-refractivity contribution < 1.29 is 9.53 Å². The molecule has 1 aromatic heterocycles. The van der Waals surface area contributed by atoms with Gasteiger partial charge in [0.15, 0.2) is 0 Å². The van der Waals surface area contributed by atoms with E-state index in [1.165, 1.54) is 6.08 Å². The van der Waals surface area contributed by atoms with Gasteiger partial charge in [0.05, 0.1) is 7.11 Å². The zero-order valence-corrected chi connectivity index (χ0v) is 10.9. The normalized spacial score (nSPS) is 10.7. The Morgan fingerprint density at radius 1 is 1.30 bits per heavy atom. The fourth-order valence-electron chi connectivity index (χ4n) is 1.67. The molecule has 98 valence electrons. The van der Waals surface area contributed by atoms with E-state index >= 15 is 0 Å². The van der Waals surface area contributed by atoms with Crippen molar-refractivity contribution in [1.82, 2.24) is 4.98 Å². The fourth-order valence-corrected chi connectivity index (χ4v) is 1.67. The van der Waals surface area contributed by atoms with Crippen LogP contribution in [0.1, 0.15) is 15.9 Å². The summed E-state index contributed by atoms with van der Waals surface area (Å²) in [4.78, 5) is 16.2. The Bertz CT molecular complexity index is 668. The summed E-state index contributed by atoms with van der Waals surface area (Å²) in [6.45, 7) is 0. The molecule has 0 unspecified atom stereocenters. The molecule has 0 aliphatic heterocycles. The van der Waals surface area contributed by atoms with Crippen molar-refractivity contribution in [2.45, 2.75) is 0 Å². The predicted octanol–water partition coefficient (Wildman–Crippen LogP) is 2.88. The largest absolute Gasteiger partial charge is 0.497 e. The molecule has 2 aromatic rings. The second kappa shape index (κ2) is 6.30. The Kier molecular flexibility index (Phi) is 4.25. The van der Waals surface area contributed by atoms with Crippen LogP contribution in [0, 0.1) is 11.3 Å². The van der Waals surface area contributed by atoms with Gasteiger partial charge in [-0.25, -0.2) is 0 Å². The third-order valence-electron chi connectivity index (χ3n) is 2.71. The molecule has 20 heavy (non-hydrogen) atoms. The number of nitriles is 1. The molecule has 0 radical (unpaired) electrons. The van der Waals surface area contributed by atoms with Crippen LogP contribution in [0.25, 0.3) is 6.08 Å². The first-order valence-electron chi connectivity index (χ1n) is 5.95. The lowest BCUT2D eigenvalue weighted by Crippen LogP contribution is -2.01. The zero-order valence-electron chi connectivity index (χ0n) is 10.9. The standard InChI is InChI=1S/C16H12N2O2/c1-20-15-6-4-13(5-7-15)16(19)14(10-17)9-12-3-2-8-18-11-12/h2-9,11H,1H3/b14-9+. The van der Waals surface area contributed by atoms with E-state index in [1.54, 1.807) is 55.9 Å². The number of ether oxygens (including phenoxy) is 1. The summed E-state index contributed by atoms with van der Waals surface area (Å²) in [6, 6.07) is 12.1. The quantitative estimate of drug-likeness (QED) is 0.484. The number of hydrogen-bond donors (Lipinski definition) is 0. The lowest BCUT2D eigenvalue weighted by molar-refractivity contribution is 0.104. The highest BCUT2D eigenvalue weighted by molar-refractivity contribution is 6.14. The summed E-state index contributed by atoms with van der Waals surface area (Å²) in [5.41, 5.74) is 1.23. The van der Waals surface area contributed by atoms with E-state index in [0.717, 1.165) is 0 Å². The molecule has 2 rings (SSSR count). The van der Waals surface area contributed by atoms with Crippen LogP contribution in [0.3, 0.4) is 0 Å². The molecule has 0 fully saturated rings.